The molecule has 0 spiro atoms. The molecule has 0 aliphatic carbocycles. The summed E-state index contributed by atoms with van der Waals surface area (Å²) in [6.45, 7) is 6.44. The van der Waals surface area contributed by atoms with Gasteiger partial charge in [-0.05, 0) is 47.6 Å². The van der Waals surface area contributed by atoms with Gasteiger partial charge in [0.1, 0.15) is 0 Å². The molecule has 0 unspecified atom stereocenters. The van der Waals surface area contributed by atoms with Crippen molar-refractivity contribution in [1.29, 1.82) is 0 Å². The van der Waals surface area contributed by atoms with E-state index in [-0.39, 0.29) is 6.04 Å². The highest BCUT2D eigenvalue weighted by Gasteiger charge is 2.16. The third-order valence-electron chi connectivity index (χ3n) is 3.34. The van der Waals surface area contributed by atoms with Gasteiger partial charge < -0.3 is 15.5 Å². The number of nitrogens with two attached hydrogens (primary N) is 1. The SMILES string of the molecule is C[C@H](N)c1ccc(N2CCN(C)CC2)c(Br)c1. The number of hydrogen-bond acceptors (Lipinski definition) is 3. The van der Waals surface area contributed by atoms with E-state index in [4.69, 9.17) is 5.73 Å². The first-order valence-corrected chi connectivity index (χ1v) is 6.86. The fraction of sp³-hybridized carbons (Fsp3) is 0.538. The number of anilines is 1. The molecule has 0 saturated carbocycles. The number of benzene rings is 1. The van der Waals surface area contributed by atoms with Crippen LogP contribution in [0.1, 0.15) is 18.5 Å². The van der Waals surface area contributed by atoms with Crippen molar-refractivity contribution in [3.63, 3.8) is 0 Å². The highest BCUT2D eigenvalue weighted by atomic mass is 79.9. The molecule has 2 rings (SSSR count). The normalized spacial score (nSPS) is 19.4. The molecule has 1 saturated heterocycles. The predicted octanol–water partition coefficient (Wildman–Crippen LogP) is 2.22. The number of rotatable bonds is 2. The molecule has 1 fully saturated rings. The Bertz CT molecular complexity index is 384. The minimum Gasteiger partial charge on any atom is -0.368 e. The molecule has 2 N–H and O–H groups in total. The molecular formula is C13H20BrN3. The van der Waals surface area contributed by atoms with E-state index in [2.05, 4.69) is 51.0 Å². The van der Waals surface area contributed by atoms with Gasteiger partial charge in [0.2, 0.25) is 0 Å². The molecule has 1 atom stereocenters. The highest BCUT2D eigenvalue weighted by molar-refractivity contribution is 9.10. The van der Waals surface area contributed by atoms with Gasteiger partial charge in [-0.2, -0.15) is 0 Å². The number of hydrogen-bond donors (Lipinski definition) is 1. The lowest BCUT2D eigenvalue weighted by molar-refractivity contribution is 0.312. The van der Waals surface area contributed by atoms with Crippen LogP contribution in [0.4, 0.5) is 5.69 Å². The van der Waals surface area contributed by atoms with E-state index < -0.39 is 0 Å². The minimum absolute atomic E-state index is 0.0906. The number of halogens is 1. The first-order valence-electron chi connectivity index (χ1n) is 6.06. The van der Waals surface area contributed by atoms with Gasteiger partial charge in [0, 0.05) is 36.7 Å². The molecule has 3 nitrogen and oxygen atoms in total. The second-order valence-electron chi connectivity index (χ2n) is 4.79. The third kappa shape index (κ3) is 3.00. The lowest BCUT2D eigenvalue weighted by Crippen LogP contribution is -2.44. The molecule has 17 heavy (non-hydrogen) atoms. The van der Waals surface area contributed by atoms with Gasteiger partial charge in [0.15, 0.2) is 0 Å². The number of nitrogens with zero attached hydrogens (tertiary/aromatic N) is 2. The van der Waals surface area contributed by atoms with Gasteiger partial charge in [-0.25, -0.2) is 0 Å². The lowest BCUT2D eigenvalue weighted by atomic mass is 10.1. The zero-order valence-electron chi connectivity index (χ0n) is 10.5. The van der Waals surface area contributed by atoms with Crippen molar-refractivity contribution in [2.24, 2.45) is 5.73 Å². The van der Waals surface area contributed by atoms with Crippen molar-refractivity contribution in [3.8, 4) is 0 Å². The summed E-state index contributed by atoms with van der Waals surface area (Å²) in [4.78, 5) is 4.79. The zero-order chi connectivity index (χ0) is 12.4. The molecule has 0 bridgehead atoms. The molecule has 4 heteroatoms. The fourth-order valence-corrected chi connectivity index (χ4v) is 2.76. The van der Waals surface area contributed by atoms with E-state index in [9.17, 15) is 0 Å². The lowest BCUT2D eigenvalue weighted by Gasteiger charge is -2.34. The minimum atomic E-state index is 0.0906. The average Bonchev–Trinajstić information content (AvgIpc) is 2.30. The van der Waals surface area contributed by atoms with Crippen LogP contribution in [-0.4, -0.2) is 38.1 Å². The molecule has 1 aliphatic heterocycles. The molecule has 1 aliphatic rings. The van der Waals surface area contributed by atoms with Gasteiger partial charge in [-0.3, -0.25) is 0 Å². The second-order valence-corrected chi connectivity index (χ2v) is 5.64. The topological polar surface area (TPSA) is 32.5 Å². The summed E-state index contributed by atoms with van der Waals surface area (Å²) in [5.74, 6) is 0. The quantitative estimate of drug-likeness (QED) is 0.908. The summed E-state index contributed by atoms with van der Waals surface area (Å²) in [5.41, 5.74) is 8.34. The fourth-order valence-electron chi connectivity index (χ4n) is 2.11. The van der Waals surface area contributed by atoms with Crippen molar-refractivity contribution in [3.05, 3.63) is 28.2 Å². The first kappa shape index (κ1) is 12.9. The van der Waals surface area contributed by atoms with Crippen molar-refractivity contribution in [1.82, 2.24) is 4.90 Å². The summed E-state index contributed by atoms with van der Waals surface area (Å²) in [6.07, 6.45) is 0. The van der Waals surface area contributed by atoms with Crippen LogP contribution in [0.15, 0.2) is 22.7 Å². The van der Waals surface area contributed by atoms with Crippen LogP contribution >= 0.6 is 15.9 Å². The van der Waals surface area contributed by atoms with Gasteiger partial charge in [0.25, 0.3) is 0 Å². The zero-order valence-corrected chi connectivity index (χ0v) is 12.1. The Morgan fingerprint density at radius 2 is 1.88 bits per heavy atom. The van der Waals surface area contributed by atoms with Crippen molar-refractivity contribution in [2.45, 2.75) is 13.0 Å². The Balaban J connectivity index is 2.16. The molecule has 1 aromatic carbocycles. The standard InChI is InChI=1S/C13H20BrN3/c1-10(15)11-3-4-13(12(14)9-11)17-7-5-16(2)6-8-17/h3-4,9-10H,5-8,15H2,1-2H3/t10-/m0/s1. The molecule has 94 valence electrons. The van der Waals surface area contributed by atoms with Crippen molar-refractivity contribution in [2.75, 3.05) is 38.1 Å². The van der Waals surface area contributed by atoms with Crippen molar-refractivity contribution < 1.29 is 0 Å². The van der Waals surface area contributed by atoms with E-state index in [1.54, 1.807) is 0 Å². The Morgan fingerprint density at radius 1 is 1.24 bits per heavy atom. The van der Waals surface area contributed by atoms with Crippen LogP contribution in [0.25, 0.3) is 0 Å². The molecule has 0 amide bonds. The smallest absolute Gasteiger partial charge is 0.0511 e. The van der Waals surface area contributed by atoms with E-state index in [1.165, 1.54) is 11.3 Å². The Labute approximate surface area is 112 Å². The Hall–Kier alpha value is -0.580. The first-order chi connectivity index (χ1) is 8.08. The van der Waals surface area contributed by atoms with Gasteiger partial charge >= 0.3 is 0 Å². The van der Waals surface area contributed by atoms with Crippen LogP contribution in [0.5, 0.6) is 0 Å². The van der Waals surface area contributed by atoms with Gasteiger partial charge in [-0.1, -0.05) is 6.07 Å². The molecular weight excluding hydrogens is 278 g/mol. The van der Waals surface area contributed by atoms with Crippen LogP contribution in [0.3, 0.4) is 0 Å². The van der Waals surface area contributed by atoms with Crippen LogP contribution in [-0.2, 0) is 0 Å². The average molecular weight is 298 g/mol. The summed E-state index contributed by atoms with van der Waals surface area (Å²) < 4.78 is 1.15. The molecule has 0 radical (unpaired) electrons. The second kappa shape index (κ2) is 5.38. The maximum Gasteiger partial charge on any atom is 0.0511 e. The van der Waals surface area contributed by atoms with Crippen LogP contribution in [0, 0.1) is 0 Å². The summed E-state index contributed by atoms with van der Waals surface area (Å²) >= 11 is 3.66. The van der Waals surface area contributed by atoms with Gasteiger partial charge in [-0.15, -0.1) is 0 Å². The van der Waals surface area contributed by atoms with E-state index in [0.29, 0.717) is 0 Å². The largest absolute Gasteiger partial charge is 0.368 e. The Morgan fingerprint density at radius 3 is 2.41 bits per heavy atom. The number of piperazine rings is 1. The van der Waals surface area contributed by atoms with Crippen LogP contribution in [0.2, 0.25) is 0 Å². The van der Waals surface area contributed by atoms with Crippen molar-refractivity contribution >= 4 is 21.6 Å². The maximum absolute atomic E-state index is 5.89. The van der Waals surface area contributed by atoms with Gasteiger partial charge in [0.05, 0.1) is 5.69 Å². The molecule has 1 aromatic rings. The Kier molecular flexibility index (Phi) is 4.07. The monoisotopic (exact) mass is 297 g/mol. The van der Waals surface area contributed by atoms with Crippen LogP contribution < -0.4 is 10.6 Å². The third-order valence-corrected chi connectivity index (χ3v) is 3.98. The molecule has 1 heterocycles. The van der Waals surface area contributed by atoms with E-state index in [0.717, 1.165) is 30.7 Å². The van der Waals surface area contributed by atoms with E-state index >= 15 is 0 Å². The number of likely N-dealkylation sites (N-methyl/N-ethyl adjacent to an activating group) is 1. The molecule has 0 aromatic heterocycles. The maximum atomic E-state index is 5.89. The summed E-state index contributed by atoms with van der Waals surface area (Å²) in [7, 11) is 2.17. The summed E-state index contributed by atoms with van der Waals surface area (Å²) in [5, 5.41) is 0. The highest BCUT2D eigenvalue weighted by Crippen LogP contribution is 2.29. The summed E-state index contributed by atoms with van der Waals surface area (Å²) in [6, 6.07) is 6.53. The van der Waals surface area contributed by atoms with E-state index in [1.807, 2.05) is 6.92 Å². The predicted molar refractivity (Wildman–Crippen MR) is 76.5 cm³/mol.